The Morgan fingerprint density at radius 3 is 2.55 bits per heavy atom. The molecule has 3 aliphatic rings. The second-order valence-corrected chi connectivity index (χ2v) is 9.26. The average Bonchev–Trinajstić information content (AvgIpc) is 3.06. The van der Waals surface area contributed by atoms with Gasteiger partial charge in [0.1, 0.15) is 11.4 Å². The summed E-state index contributed by atoms with van der Waals surface area (Å²) in [7, 11) is 0. The van der Waals surface area contributed by atoms with Gasteiger partial charge in [0.2, 0.25) is 11.8 Å². The van der Waals surface area contributed by atoms with Crippen LogP contribution in [0.25, 0.3) is 0 Å². The van der Waals surface area contributed by atoms with Gasteiger partial charge in [-0.2, -0.15) is 0 Å². The highest BCUT2D eigenvalue weighted by molar-refractivity contribution is 6.31. The number of carbonyl (C=O) groups is 3. The lowest BCUT2D eigenvalue weighted by molar-refractivity contribution is -0.139. The molecular formula is C22H27ClN2O4. The normalized spacial score (nSPS) is 23.6. The summed E-state index contributed by atoms with van der Waals surface area (Å²) in [6.07, 6.45) is 1.83. The summed E-state index contributed by atoms with van der Waals surface area (Å²) in [5.74, 6) is 0.470. The number of rotatable bonds is 2. The van der Waals surface area contributed by atoms with Crippen LogP contribution in [0.3, 0.4) is 0 Å². The summed E-state index contributed by atoms with van der Waals surface area (Å²) in [4.78, 5) is 41.4. The molecule has 156 valence electrons. The first-order valence-corrected chi connectivity index (χ1v) is 10.7. The van der Waals surface area contributed by atoms with Crippen molar-refractivity contribution < 1.29 is 19.1 Å². The van der Waals surface area contributed by atoms with E-state index in [4.69, 9.17) is 16.3 Å². The molecule has 0 N–H and O–H groups in total. The van der Waals surface area contributed by atoms with Gasteiger partial charge in [-0.3, -0.25) is 14.4 Å². The van der Waals surface area contributed by atoms with E-state index in [0.717, 1.165) is 5.56 Å². The predicted molar refractivity (Wildman–Crippen MR) is 109 cm³/mol. The number of hydrogen-bond donors (Lipinski definition) is 0. The maximum Gasteiger partial charge on any atom is 0.227 e. The number of hydrogen-bond acceptors (Lipinski definition) is 4. The number of carbonyl (C=O) groups excluding carboxylic acids is 3. The minimum atomic E-state index is -0.559. The number of Topliss-reactive ketones (excluding diaryl/α,β-unsaturated/α-hetero) is 1. The highest BCUT2D eigenvalue weighted by Gasteiger charge is 2.45. The van der Waals surface area contributed by atoms with Gasteiger partial charge < -0.3 is 14.5 Å². The molecule has 2 saturated heterocycles. The molecule has 0 radical (unpaired) electrons. The minimum Gasteiger partial charge on any atom is -0.486 e. The Labute approximate surface area is 176 Å². The second-order valence-electron chi connectivity index (χ2n) is 8.85. The highest BCUT2D eigenvalue weighted by Crippen LogP contribution is 2.41. The Morgan fingerprint density at radius 2 is 1.93 bits per heavy atom. The van der Waals surface area contributed by atoms with Crippen LogP contribution >= 0.6 is 11.6 Å². The van der Waals surface area contributed by atoms with Crippen molar-refractivity contribution in [3.8, 4) is 5.75 Å². The number of aryl methyl sites for hydroxylation is 1. The Kier molecular flexibility index (Phi) is 5.09. The molecular weight excluding hydrogens is 392 g/mol. The topological polar surface area (TPSA) is 66.9 Å². The summed E-state index contributed by atoms with van der Waals surface area (Å²) >= 11 is 6.17. The monoisotopic (exact) mass is 418 g/mol. The smallest absolute Gasteiger partial charge is 0.227 e. The van der Waals surface area contributed by atoms with E-state index in [1.807, 2.05) is 31.7 Å². The van der Waals surface area contributed by atoms with Crippen molar-refractivity contribution in [3.63, 3.8) is 0 Å². The molecule has 0 saturated carbocycles. The van der Waals surface area contributed by atoms with Crippen LogP contribution in [0.2, 0.25) is 5.02 Å². The Hall–Kier alpha value is -2.08. The van der Waals surface area contributed by atoms with Crippen molar-refractivity contribution in [2.75, 3.05) is 19.6 Å². The van der Waals surface area contributed by atoms with Gasteiger partial charge in [0.15, 0.2) is 5.78 Å². The van der Waals surface area contributed by atoms with Crippen LogP contribution in [0.1, 0.15) is 55.5 Å². The van der Waals surface area contributed by atoms with Crippen LogP contribution in [-0.4, -0.2) is 58.7 Å². The highest BCUT2D eigenvalue weighted by atomic mass is 35.5. The number of benzene rings is 1. The molecule has 3 aliphatic heterocycles. The summed E-state index contributed by atoms with van der Waals surface area (Å²) in [5, 5.41) is 0.568. The lowest BCUT2D eigenvalue weighted by Crippen LogP contribution is -2.53. The third kappa shape index (κ3) is 3.63. The summed E-state index contributed by atoms with van der Waals surface area (Å²) in [5.41, 5.74) is 0.864. The molecule has 0 aliphatic carbocycles. The van der Waals surface area contributed by atoms with Gasteiger partial charge >= 0.3 is 0 Å². The number of ether oxygens (including phenoxy) is 1. The standard InChI is InChI=1S/C22H27ClN2O4/c1-13(2)25-12-15(9-20(25)27)21(28)24-6-4-22(5-7-24)11-18(26)16-10-17(23)14(3)8-19(16)29-22/h8,10,13,15H,4-7,9,11-12H2,1-3H3. The van der Waals surface area contributed by atoms with Crippen molar-refractivity contribution in [3.05, 3.63) is 28.3 Å². The number of likely N-dealkylation sites (tertiary alicyclic amines) is 2. The van der Waals surface area contributed by atoms with Gasteiger partial charge in [-0.1, -0.05) is 11.6 Å². The van der Waals surface area contributed by atoms with Gasteiger partial charge in [-0.25, -0.2) is 0 Å². The van der Waals surface area contributed by atoms with Gasteiger partial charge in [-0.05, 0) is 38.5 Å². The van der Waals surface area contributed by atoms with Gasteiger partial charge in [-0.15, -0.1) is 0 Å². The first-order valence-electron chi connectivity index (χ1n) is 10.3. The number of nitrogens with zero attached hydrogens (tertiary/aromatic N) is 2. The summed E-state index contributed by atoms with van der Waals surface area (Å²) < 4.78 is 6.31. The zero-order chi connectivity index (χ0) is 20.9. The van der Waals surface area contributed by atoms with Crippen molar-refractivity contribution in [2.45, 2.75) is 58.1 Å². The van der Waals surface area contributed by atoms with Gasteiger partial charge in [0, 0.05) is 50.0 Å². The predicted octanol–water partition coefficient (Wildman–Crippen LogP) is 3.23. The number of fused-ring (bicyclic) bond motifs is 1. The number of halogens is 1. The first kappa shape index (κ1) is 20.2. The van der Waals surface area contributed by atoms with Crippen LogP contribution in [0.5, 0.6) is 5.75 Å². The molecule has 3 heterocycles. The van der Waals surface area contributed by atoms with E-state index in [1.165, 1.54) is 0 Å². The van der Waals surface area contributed by atoms with Gasteiger partial charge in [0.25, 0.3) is 0 Å². The SMILES string of the molecule is Cc1cc2c(cc1Cl)C(=O)CC1(CCN(C(=O)C3CC(=O)N(C(C)C)C3)CC1)O2. The Balaban J connectivity index is 1.43. The summed E-state index contributed by atoms with van der Waals surface area (Å²) in [6.45, 7) is 7.42. The fourth-order valence-corrected chi connectivity index (χ4v) is 4.85. The number of ketones is 1. The van der Waals surface area contributed by atoms with E-state index in [-0.39, 0.29) is 29.6 Å². The first-order chi connectivity index (χ1) is 13.7. The molecule has 1 aromatic rings. The molecule has 2 fully saturated rings. The van der Waals surface area contributed by atoms with E-state index in [9.17, 15) is 14.4 Å². The third-order valence-electron chi connectivity index (χ3n) is 6.49. The molecule has 1 unspecified atom stereocenters. The van der Waals surface area contributed by atoms with Crippen LogP contribution in [-0.2, 0) is 9.59 Å². The second kappa shape index (κ2) is 7.31. The van der Waals surface area contributed by atoms with E-state index >= 15 is 0 Å². The lowest BCUT2D eigenvalue weighted by atomic mass is 9.82. The van der Waals surface area contributed by atoms with E-state index in [2.05, 4.69) is 0 Å². The van der Waals surface area contributed by atoms with E-state index < -0.39 is 5.60 Å². The molecule has 0 bridgehead atoms. The van der Waals surface area contributed by atoms with Crippen molar-refractivity contribution >= 4 is 29.2 Å². The molecule has 29 heavy (non-hydrogen) atoms. The molecule has 1 spiro atoms. The fraction of sp³-hybridized carbons (Fsp3) is 0.591. The lowest BCUT2D eigenvalue weighted by Gasteiger charge is -2.44. The fourth-order valence-electron chi connectivity index (χ4n) is 4.68. The average molecular weight is 419 g/mol. The largest absolute Gasteiger partial charge is 0.486 e. The molecule has 2 amide bonds. The molecule has 4 rings (SSSR count). The Bertz CT molecular complexity index is 874. The van der Waals surface area contributed by atoms with E-state index in [0.29, 0.717) is 61.7 Å². The minimum absolute atomic E-state index is 0.0431. The zero-order valence-electron chi connectivity index (χ0n) is 17.2. The summed E-state index contributed by atoms with van der Waals surface area (Å²) in [6, 6.07) is 3.64. The van der Waals surface area contributed by atoms with E-state index in [1.54, 1.807) is 11.0 Å². The number of piperidine rings is 1. The molecule has 1 atom stereocenters. The van der Waals surface area contributed by atoms with Crippen LogP contribution in [0.15, 0.2) is 12.1 Å². The quantitative estimate of drug-likeness (QED) is 0.739. The van der Waals surface area contributed by atoms with Crippen molar-refractivity contribution in [1.82, 2.24) is 9.80 Å². The maximum absolute atomic E-state index is 13.0. The zero-order valence-corrected chi connectivity index (χ0v) is 17.9. The Morgan fingerprint density at radius 1 is 1.24 bits per heavy atom. The van der Waals surface area contributed by atoms with Gasteiger partial charge in [0.05, 0.1) is 17.9 Å². The molecule has 0 aromatic heterocycles. The van der Waals surface area contributed by atoms with Crippen LogP contribution in [0.4, 0.5) is 0 Å². The van der Waals surface area contributed by atoms with Crippen LogP contribution in [0, 0.1) is 12.8 Å². The number of amides is 2. The van der Waals surface area contributed by atoms with Crippen molar-refractivity contribution in [1.29, 1.82) is 0 Å². The maximum atomic E-state index is 13.0. The molecule has 7 heteroatoms. The third-order valence-corrected chi connectivity index (χ3v) is 6.90. The molecule has 6 nitrogen and oxygen atoms in total. The van der Waals surface area contributed by atoms with Crippen LogP contribution < -0.4 is 4.74 Å². The molecule has 1 aromatic carbocycles. The van der Waals surface area contributed by atoms with Crippen molar-refractivity contribution in [2.24, 2.45) is 5.92 Å².